The summed E-state index contributed by atoms with van der Waals surface area (Å²) in [5.41, 5.74) is 0.0722. The molecule has 1 fully saturated rings. The lowest BCUT2D eigenvalue weighted by molar-refractivity contribution is 0.0950. The van der Waals surface area contributed by atoms with Gasteiger partial charge in [0.25, 0.3) is 0 Å². The smallest absolute Gasteiger partial charge is 0.185 e. The molecule has 0 saturated carbocycles. The summed E-state index contributed by atoms with van der Waals surface area (Å²) in [5, 5.41) is 20.6. The number of hydrogen-bond acceptors (Lipinski definition) is 4. The van der Waals surface area contributed by atoms with E-state index in [2.05, 4.69) is 12.1 Å². The van der Waals surface area contributed by atoms with Gasteiger partial charge < -0.3 is 4.90 Å². The van der Waals surface area contributed by atoms with E-state index in [0.29, 0.717) is 11.3 Å². The number of anilines is 1. The Hall–Kier alpha value is -4.29. The molecule has 160 valence electrons. The Labute approximate surface area is 189 Å². The number of nitriles is 2. The number of Topliss-reactive ketones (excluding diaryl/α,β-unsaturated/α-hetero) is 1. The van der Waals surface area contributed by atoms with Crippen LogP contribution in [-0.4, -0.2) is 17.9 Å². The van der Waals surface area contributed by atoms with Crippen molar-refractivity contribution in [3.05, 3.63) is 107 Å². The van der Waals surface area contributed by atoms with Crippen molar-refractivity contribution < 1.29 is 13.6 Å². The molecule has 0 radical (unpaired) electrons. The Morgan fingerprint density at radius 3 is 2.33 bits per heavy atom. The first-order chi connectivity index (χ1) is 16.0. The van der Waals surface area contributed by atoms with Crippen LogP contribution in [0.3, 0.4) is 0 Å². The molecule has 2 heterocycles. The summed E-state index contributed by atoms with van der Waals surface area (Å²) < 4.78 is 28.9. The molecule has 0 unspecified atom stereocenters. The highest BCUT2D eigenvalue weighted by atomic mass is 19.1. The quantitative estimate of drug-likeness (QED) is 0.525. The van der Waals surface area contributed by atoms with E-state index in [-0.39, 0.29) is 11.3 Å². The highest BCUT2D eigenvalue weighted by Crippen LogP contribution is 2.55. The van der Waals surface area contributed by atoms with Crippen molar-refractivity contribution in [3.63, 3.8) is 0 Å². The molecular weight excluding hydrogens is 420 g/mol. The lowest BCUT2D eigenvalue weighted by Gasteiger charge is -2.35. The van der Waals surface area contributed by atoms with Crippen molar-refractivity contribution in [1.82, 2.24) is 0 Å². The van der Waals surface area contributed by atoms with Crippen molar-refractivity contribution in [2.45, 2.75) is 18.0 Å². The second-order valence-electron chi connectivity index (χ2n) is 8.18. The highest BCUT2D eigenvalue weighted by molar-refractivity contribution is 6.04. The molecule has 3 aromatic rings. The third kappa shape index (κ3) is 2.96. The lowest BCUT2D eigenvalue weighted by atomic mass is 9.69. The van der Waals surface area contributed by atoms with Gasteiger partial charge in [0.05, 0.1) is 18.2 Å². The van der Waals surface area contributed by atoms with E-state index in [1.165, 1.54) is 6.07 Å². The van der Waals surface area contributed by atoms with Crippen LogP contribution in [0.4, 0.5) is 14.5 Å². The molecule has 0 amide bonds. The van der Waals surface area contributed by atoms with Crippen LogP contribution in [-0.2, 0) is 0 Å². The van der Waals surface area contributed by atoms with Crippen LogP contribution in [0.1, 0.15) is 27.4 Å². The van der Waals surface area contributed by atoms with Crippen LogP contribution in [0.2, 0.25) is 0 Å². The van der Waals surface area contributed by atoms with Gasteiger partial charge in [-0.25, -0.2) is 8.78 Å². The van der Waals surface area contributed by atoms with Crippen LogP contribution in [0.25, 0.3) is 6.08 Å². The molecule has 2 aliphatic heterocycles. The first-order valence-corrected chi connectivity index (χ1v) is 10.4. The van der Waals surface area contributed by atoms with Crippen LogP contribution in [0.15, 0.2) is 78.9 Å². The summed E-state index contributed by atoms with van der Waals surface area (Å²) >= 11 is 0. The second-order valence-corrected chi connectivity index (χ2v) is 8.18. The Balaban J connectivity index is 1.81. The fourth-order valence-corrected chi connectivity index (χ4v) is 5.10. The Bertz CT molecular complexity index is 1360. The minimum Gasteiger partial charge on any atom is -0.351 e. The van der Waals surface area contributed by atoms with Crippen molar-refractivity contribution in [3.8, 4) is 12.1 Å². The average molecular weight is 437 g/mol. The van der Waals surface area contributed by atoms with Gasteiger partial charge in [-0.1, -0.05) is 66.7 Å². The fraction of sp³-hybridized carbons (Fsp3) is 0.148. The standard InChI is InChI=1S/C27H17F2N3O/c28-19-11-12-20(21(29)14-19)24-25(26(33)18-7-2-1-3-8-18)32-22-9-5-4-6-17(22)10-13-23(32)27(24,15-30)16-31/h1-14,23-25H/t23-,24-,25-/m1/s1. The SMILES string of the molecule is N#CC1(C#N)[C@H](c2ccc(F)cc2F)[C@H](C(=O)c2ccccc2)N2c3ccccc3C=C[C@@H]21. The number of carbonyl (C=O) groups excluding carboxylic acids is 1. The van der Waals surface area contributed by atoms with Gasteiger partial charge in [-0.2, -0.15) is 10.5 Å². The summed E-state index contributed by atoms with van der Waals surface area (Å²) in [7, 11) is 0. The molecule has 6 heteroatoms. The second kappa shape index (κ2) is 7.69. The first-order valence-electron chi connectivity index (χ1n) is 10.4. The van der Waals surface area contributed by atoms with Crippen molar-refractivity contribution in [2.24, 2.45) is 5.41 Å². The number of rotatable bonds is 3. The van der Waals surface area contributed by atoms with Gasteiger partial charge >= 0.3 is 0 Å². The molecule has 0 aromatic heterocycles. The number of benzene rings is 3. The van der Waals surface area contributed by atoms with Crippen molar-refractivity contribution >= 4 is 17.5 Å². The van der Waals surface area contributed by atoms with Crippen LogP contribution >= 0.6 is 0 Å². The predicted molar refractivity (Wildman–Crippen MR) is 119 cm³/mol. The molecule has 1 saturated heterocycles. The van der Waals surface area contributed by atoms with Gasteiger partial charge in [0.1, 0.15) is 17.7 Å². The topological polar surface area (TPSA) is 67.9 Å². The lowest BCUT2D eigenvalue weighted by Crippen LogP contribution is -2.44. The largest absolute Gasteiger partial charge is 0.351 e. The zero-order valence-corrected chi connectivity index (χ0v) is 17.3. The molecule has 0 aliphatic carbocycles. The third-order valence-corrected chi connectivity index (χ3v) is 6.54. The summed E-state index contributed by atoms with van der Waals surface area (Å²) in [4.78, 5) is 15.7. The van der Waals surface area contributed by atoms with Gasteiger partial charge in [-0.15, -0.1) is 0 Å². The molecule has 33 heavy (non-hydrogen) atoms. The van der Waals surface area contributed by atoms with Gasteiger partial charge in [0, 0.05) is 23.2 Å². The van der Waals surface area contributed by atoms with E-state index in [1.54, 1.807) is 41.3 Å². The molecule has 2 aliphatic rings. The summed E-state index contributed by atoms with van der Waals surface area (Å²) in [6.45, 7) is 0. The molecule has 3 aromatic carbocycles. The Kier molecular flexibility index (Phi) is 4.80. The predicted octanol–water partition coefficient (Wildman–Crippen LogP) is 5.25. The first kappa shape index (κ1) is 20.6. The zero-order valence-electron chi connectivity index (χ0n) is 17.3. The van der Waals surface area contributed by atoms with Crippen LogP contribution in [0, 0.1) is 39.7 Å². The normalized spacial score (nSPS) is 22.1. The van der Waals surface area contributed by atoms with Crippen LogP contribution < -0.4 is 4.90 Å². The Morgan fingerprint density at radius 1 is 0.939 bits per heavy atom. The highest BCUT2D eigenvalue weighted by Gasteiger charge is 2.63. The number of hydrogen-bond donors (Lipinski definition) is 0. The summed E-state index contributed by atoms with van der Waals surface area (Å²) in [6, 6.07) is 21.3. The van der Waals surface area contributed by atoms with Gasteiger partial charge in [-0.05, 0) is 23.3 Å². The molecule has 3 atom stereocenters. The number of nitrogens with zero attached hydrogens (tertiary/aromatic N) is 3. The summed E-state index contributed by atoms with van der Waals surface area (Å²) in [6.07, 6.45) is 3.54. The number of ketones is 1. The third-order valence-electron chi connectivity index (χ3n) is 6.54. The molecular formula is C27H17F2N3O. The van der Waals surface area contributed by atoms with Gasteiger partial charge in [0.2, 0.25) is 0 Å². The minimum atomic E-state index is -1.78. The maximum Gasteiger partial charge on any atom is 0.185 e. The summed E-state index contributed by atoms with van der Waals surface area (Å²) in [5.74, 6) is -3.16. The fourth-order valence-electron chi connectivity index (χ4n) is 5.10. The average Bonchev–Trinajstić information content (AvgIpc) is 3.15. The maximum atomic E-state index is 15.1. The van der Waals surface area contributed by atoms with E-state index in [9.17, 15) is 19.7 Å². The number of fused-ring (bicyclic) bond motifs is 3. The Morgan fingerprint density at radius 2 is 1.64 bits per heavy atom. The number of halogens is 2. The molecule has 0 spiro atoms. The van der Waals surface area contributed by atoms with Crippen molar-refractivity contribution in [1.29, 1.82) is 10.5 Å². The van der Waals surface area contributed by atoms with E-state index in [1.807, 2.05) is 30.3 Å². The molecule has 0 bridgehead atoms. The monoisotopic (exact) mass is 437 g/mol. The van der Waals surface area contributed by atoms with Crippen LogP contribution in [0.5, 0.6) is 0 Å². The van der Waals surface area contributed by atoms with Gasteiger partial charge in [0.15, 0.2) is 11.2 Å². The van der Waals surface area contributed by atoms with E-state index >= 15 is 4.39 Å². The van der Waals surface area contributed by atoms with E-state index < -0.39 is 35.1 Å². The van der Waals surface area contributed by atoms with E-state index in [4.69, 9.17) is 0 Å². The van der Waals surface area contributed by atoms with Gasteiger partial charge in [-0.3, -0.25) is 4.79 Å². The minimum absolute atomic E-state index is 0.0333. The number of carbonyl (C=O) groups is 1. The van der Waals surface area contributed by atoms with E-state index in [0.717, 1.165) is 17.7 Å². The zero-order chi connectivity index (χ0) is 23.2. The maximum absolute atomic E-state index is 15.1. The number of para-hydroxylation sites is 1. The molecule has 5 rings (SSSR count). The van der Waals surface area contributed by atoms with Crippen molar-refractivity contribution in [2.75, 3.05) is 4.90 Å². The molecule has 4 nitrogen and oxygen atoms in total. The molecule has 0 N–H and O–H groups in total.